The number of benzene rings is 1. The van der Waals surface area contributed by atoms with Gasteiger partial charge in [0.05, 0.1) is 7.11 Å². The molecule has 0 aliphatic carbocycles. The third-order valence-corrected chi connectivity index (χ3v) is 3.47. The minimum Gasteiger partial charge on any atom is -0.484 e. The average molecular weight is 295 g/mol. The van der Waals surface area contributed by atoms with Crippen LogP contribution in [0.5, 0.6) is 5.75 Å². The molecule has 1 fully saturated rings. The van der Waals surface area contributed by atoms with E-state index in [1.165, 1.54) is 36.3 Å². The van der Waals surface area contributed by atoms with E-state index in [2.05, 4.69) is 0 Å². The summed E-state index contributed by atoms with van der Waals surface area (Å²) in [4.78, 5) is 25.4. The average Bonchev–Trinajstić information content (AvgIpc) is 2.53. The molecule has 21 heavy (non-hydrogen) atoms. The summed E-state index contributed by atoms with van der Waals surface area (Å²) >= 11 is 0. The zero-order valence-corrected chi connectivity index (χ0v) is 11.9. The lowest BCUT2D eigenvalue weighted by atomic mass is 10.0. The number of piperidine rings is 1. The first-order valence-corrected chi connectivity index (χ1v) is 6.87. The van der Waals surface area contributed by atoms with Crippen LogP contribution in [0.1, 0.15) is 19.3 Å². The van der Waals surface area contributed by atoms with Crippen LogP contribution in [0.4, 0.5) is 4.39 Å². The Morgan fingerprint density at radius 2 is 2.00 bits per heavy atom. The largest absolute Gasteiger partial charge is 0.484 e. The van der Waals surface area contributed by atoms with Crippen LogP contribution in [-0.4, -0.2) is 43.1 Å². The van der Waals surface area contributed by atoms with Crippen molar-refractivity contribution in [2.24, 2.45) is 0 Å². The van der Waals surface area contributed by atoms with Crippen molar-refractivity contribution in [1.82, 2.24) is 4.90 Å². The summed E-state index contributed by atoms with van der Waals surface area (Å²) in [6.45, 7) is 0.338. The molecule has 1 aliphatic heterocycles. The Labute approximate surface area is 122 Å². The van der Waals surface area contributed by atoms with E-state index in [1.807, 2.05) is 0 Å². The number of halogens is 1. The fourth-order valence-corrected chi connectivity index (χ4v) is 2.37. The number of nitrogens with zero attached hydrogens (tertiary/aromatic N) is 1. The molecule has 114 valence electrons. The molecule has 0 radical (unpaired) electrons. The minimum atomic E-state index is -0.534. The van der Waals surface area contributed by atoms with Crippen molar-refractivity contribution in [3.63, 3.8) is 0 Å². The Morgan fingerprint density at radius 3 is 2.67 bits per heavy atom. The molecule has 1 aromatic rings. The second-order valence-electron chi connectivity index (χ2n) is 4.86. The molecule has 2 rings (SSSR count). The lowest BCUT2D eigenvalue weighted by molar-refractivity contribution is -0.155. The second-order valence-corrected chi connectivity index (χ2v) is 4.86. The first-order chi connectivity index (χ1) is 10.1. The van der Waals surface area contributed by atoms with Gasteiger partial charge < -0.3 is 14.4 Å². The van der Waals surface area contributed by atoms with Crippen molar-refractivity contribution in [3.8, 4) is 5.75 Å². The summed E-state index contributed by atoms with van der Waals surface area (Å²) in [5, 5.41) is 0. The van der Waals surface area contributed by atoms with Gasteiger partial charge in [-0.2, -0.15) is 0 Å². The Kier molecular flexibility index (Phi) is 5.14. The molecule has 1 amide bonds. The van der Waals surface area contributed by atoms with Gasteiger partial charge in [-0.1, -0.05) is 0 Å². The van der Waals surface area contributed by atoms with Gasteiger partial charge >= 0.3 is 5.97 Å². The van der Waals surface area contributed by atoms with Gasteiger partial charge in [0.25, 0.3) is 5.91 Å². The highest BCUT2D eigenvalue weighted by atomic mass is 19.1. The van der Waals surface area contributed by atoms with Crippen LogP contribution in [0, 0.1) is 5.82 Å². The summed E-state index contributed by atoms with van der Waals surface area (Å²) < 4.78 is 22.8. The van der Waals surface area contributed by atoms with E-state index < -0.39 is 12.0 Å². The highest BCUT2D eigenvalue weighted by Gasteiger charge is 2.32. The van der Waals surface area contributed by atoms with Crippen LogP contribution in [0.3, 0.4) is 0 Å². The Morgan fingerprint density at radius 1 is 1.29 bits per heavy atom. The molecule has 1 aromatic carbocycles. The van der Waals surface area contributed by atoms with Crippen LogP contribution >= 0.6 is 0 Å². The topological polar surface area (TPSA) is 55.8 Å². The van der Waals surface area contributed by atoms with Crippen molar-refractivity contribution in [1.29, 1.82) is 0 Å². The predicted molar refractivity (Wildman–Crippen MR) is 73.3 cm³/mol. The van der Waals surface area contributed by atoms with E-state index in [4.69, 9.17) is 9.47 Å². The maximum Gasteiger partial charge on any atom is 0.328 e. The maximum absolute atomic E-state index is 12.8. The van der Waals surface area contributed by atoms with Gasteiger partial charge in [0.15, 0.2) is 6.61 Å². The quantitative estimate of drug-likeness (QED) is 0.794. The summed E-state index contributed by atoms with van der Waals surface area (Å²) in [5.41, 5.74) is 0. The summed E-state index contributed by atoms with van der Waals surface area (Å²) in [5.74, 6) is -0.619. The van der Waals surface area contributed by atoms with Gasteiger partial charge in [0.1, 0.15) is 17.6 Å². The van der Waals surface area contributed by atoms with Crippen LogP contribution in [0.25, 0.3) is 0 Å². The SMILES string of the molecule is COC(=O)C1CCCCN1C(=O)COc1ccc(F)cc1. The number of rotatable bonds is 4. The number of carbonyl (C=O) groups is 2. The molecule has 1 atom stereocenters. The number of amides is 1. The normalized spacial score (nSPS) is 18.2. The first kappa shape index (κ1) is 15.3. The Hall–Kier alpha value is -2.11. The number of esters is 1. The molecule has 0 N–H and O–H groups in total. The van der Waals surface area contributed by atoms with Crippen LogP contribution in [0.15, 0.2) is 24.3 Å². The highest BCUT2D eigenvalue weighted by molar-refractivity contribution is 5.85. The summed E-state index contributed by atoms with van der Waals surface area (Å²) in [7, 11) is 1.31. The van der Waals surface area contributed by atoms with Crippen molar-refractivity contribution in [2.45, 2.75) is 25.3 Å². The van der Waals surface area contributed by atoms with Crippen molar-refractivity contribution >= 4 is 11.9 Å². The minimum absolute atomic E-state index is 0.181. The zero-order chi connectivity index (χ0) is 15.2. The number of ether oxygens (including phenoxy) is 2. The molecule has 0 saturated carbocycles. The molecule has 6 heteroatoms. The molecule has 0 bridgehead atoms. The smallest absolute Gasteiger partial charge is 0.328 e. The second kappa shape index (κ2) is 7.06. The van der Waals surface area contributed by atoms with Gasteiger partial charge in [0, 0.05) is 6.54 Å². The van der Waals surface area contributed by atoms with Crippen molar-refractivity contribution in [3.05, 3.63) is 30.1 Å². The number of hydrogen-bond acceptors (Lipinski definition) is 4. The molecule has 0 spiro atoms. The third-order valence-electron chi connectivity index (χ3n) is 3.47. The lowest BCUT2D eigenvalue weighted by Crippen LogP contribution is -2.50. The molecule has 1 saturated heterocycles. The fourth-order valence-electron chi connectivity index (χ4n) is 2.37. The van der Waals surface area contributed by atoms with E-state index in [9.17, 15) is 14.0 Å². The van der Waals surface area contributed by atoms with Gasteiger partial charge in [-0.3, -0.25) is 4.79 Å². The number of hydrogen-bond donors (Lipinski definition) is 0. The van der Waals surface area contributed by atoms with Crippen molar-refractivity contribution in [2.75, 3.05) is 20.3 Å². The van der Waals surface area contributed by atoms with E-state index in [1.54, 1.807) is 0 Å². The van der Waals surface area contributed by atoms with E-state index in [-0.39, 0.29) is 18.3 Å². The monoisotopic (exact) mass is 295 g/mol. The molecule has 1 aliphatic rings. The van der Waals surface area contributed by atoms with Crippen LogP contribution < -0.4 is 4.74 Å². The lowest BCUT2D eigenvalue weighted by Gasteiger charge is -2.33. The van der Waals surface area contributed by atoms with Crippen LogP contribution in [-0.2, 0) is 14.3 Å². The van der Waals surface area contributed by atoms with Gasteiger partial charge in [-0.25, -0.2) is 9.18 Å². The number of likely N-dealkylation sites (tertiary alicyclic amines) is 1. The summed E-state index contributed by atoms with van der Waals surface area (Å²) in [6, 6.07) is 4.90. The van der Waals surface area contributed by atoms with Crippen LogP contribution in [0.2, 0.25) is 0 Å². The van der Waals surface area contributed by atoms with Crippen molar-refractivity contribution < 1.29 is 23.5 Å². The third kappa shape index (κ3) is 3.93. The molecular formula is C15H18FNO4. The Balaban J connectivity index is 1.94. The van der Waals surface area contributed by atoms with E-state index in [0.29, 0.717) is 18.7 Å². The molecule has 1 unspecified atom stereocenters. The number of methoxy groups -OCH3 is 1. The summed E-state index contributed by atoms with van der Waals surface area (Å²) in [6.07, 6.45) is 2.35. The molecule has 5 nitrogen and oxygen atoms in total. The maximum atomic E-state index is 12.8. The Bertz CT molecular complexity index is 503. The standard InChI is InChI=1S/C15H18FNO4/c1-20-15(19)13-4-2-3-9-17(13)14(18)10-21-12-7-5-11(16)6-8-12/h5-8,13H,2-4,9-10H2,1H3. The van der Waals surface area contributed by atoms with Gasteiger partial charge in [-0.15, -0.1) is 0 Å². The van der Waals surface area contributed by atoms with Gasteiger partial charge in [-0.05, 0) is 43.5 Å². The fraction of sp³-hybridized carbons (Fsp3) is 0.467. The number of carbonyl (C=O) groups excluding carboxylic acids is 2. The highest BCUT2D eigenvalue weighted by Crippen LogP contribution is 2.19. The molecule has 0 aromatic heterocycles. The first-order valence-electron chi connectivity index (χ1n) is 6.87. The molecular weight excluding hydrogens is 277 g/mol. The zero-order valence-electron chi connectivity index (χ0n) is 11.9. The van der Waals surface area contributed by atoms with Gasteiger partial charge in [0.2, 0.25) is 0 Å². The van der Waals surface area contributed by atoms with E-state index >= 15 is 0 Å². The molecule has 1 heterocycles. The van der Waals surface area contributed by atoms with E-state index in [0.717, 1.165) is 12.8 Å². The predicted octanol–water partition coefficient (Wildman–Crippen LogP) is 1.76.